The summed E-state index contributed by atoms with van der Waals surface area (Å²) in [6, 6.07) is 58.1. The van der Waals surface area contributed by atoms with E-state index in [1.807, 2.05) is 30.3 Å². The van der Waals surface area contributed by atoms with Crippen LogP contribution in [0.4, 0.5) is 0 Å². The van der Waals surface area contributed by atoms with E-state index in [1.54, 1.807) is 0 Å². The number of benzene rings is 7. The molecule has 0 atom stereocenters. The number of para-hydroxylation sites is 3. The number of aromatic nitrogens is 3. The summed E-state index contributed by atoms with van der Waals surface area (Å²) >= 11 is 0. The molecule has 9 rings (SSSR count). The average molecular weight is 574 g/mol. The second kappa shape index (κ2) is 10.3. The monoisotopic (exact) mass is 573 g/mol. The minimum Gasteiger partial charge on any atom is -0.293 e. The van der Waals surface area contributed by atoms with Gasteiger partial charge in [0.05, 0.1) is 16.6 Å². The SMILES string of the molecule is c1ccc(-c2cc(-c3ccc4ccccc4c3)cc(-c3ccc4c(c3)c3nc5ccccc5nc3n4-c3ccccc3)c2)cc1. The lowest BCUT2D eigenvalue weighted by molar-refractivity contribution is 1.14. The lowest BCUT2D eigenvalue weighted by Crippen LogP contribution is -1.96. The molecule has 0 fully saturated rings. The van der Waals surface area contributed by atoms with Crippen LogP contribution in [-0.2, 0) is 0 Å². The number of hydrogen-bond donors (Lipinski definition) is 0. The van der Waals surface area contributed by atoms with Crippen molar-refractivity contribution in [3.63, 3.8) is 0 Å². The molecule has 0 N–H and O–H groups in total. The number of fused-ring (bicyclic) bond motifs is 5. The molecule has 2 heterocycles. The van der Waals surface area contributed by atoms with Gasteiger partial charge < -0.3 is 0 Å². The maximum atomic E-state index is 5.16. The lowest BCUT2D eigenvalue weighted by atomic mass is 9.92. The van der Waals surface area contributed by atoms with Gasteiger partial charge in [0.15, 0.2) is 5.65 Å². The molecule has 0 radical (unpaired) electrons. The molecule has 0 unspecified atom stereocenters. The second-order valence-corrected chi connectivity index (χ2v) is 11.5. The molecule has 0 aliphatic carbocycles. The molecular formula is C42H27N3. The summed E-state index contributed by atoms with van der Waals surface area (Å²) in [5.41, 5.74) is 12.8. The third kappa shape index (κ3) is 4.37. The van der Waals surface area contributed by atoms with E-state index >= 15 is 0 Å². The van der Waals surface area contributed by atoms with Gasteiger partial charge in [0.1, 0.15) is 5.52 Å². The summed E-state index contributed by atoms with van der Waals surface area (Å²) in [5.74, 6) is 0. The van der Waals surface area contributed by atoms with Crippen LogP contribution in [0.2, 0.25) is 0 Å². The van der Waals surface area contributed by atoms with Gasteiger partial charge in [-0.25, -0.2) is 9.97 Å². The smallest absolute Gasteiger partial charge is 0.165 e. The van der Waals surface area contributed by atoms with E-state index in [9.17, 15) is 0 Å². The molecule has 45 heavy (non-hydrogen) atoms. The molecule has 3 heteroatoms. The van der Waals surface area contributed by atoms with E-state index in [1.165, 1.54) is 33.0 Å². The molecule has 7 aromatic carbocycles. The zero-order chi connectivity index (χ0) is 29.7. The van der Waals surface area contributed by atoms with Crippen molar-refractivity contribution in [2.45, 2.75) is 0 Å². The van der Waals surface area contributed by atoms with Crippen molar-refractivity contribution in [2.24, 2.45) is 0 Å². The minimum absolute atomic E-state index is 0.863. The summed E-state index contributed by atoms with van der Waals surface area (Å²) in [4.78, 5) is 10.3. The Morgan fingerprint density at radius 3 is 1.71 bits per heavy atom. The first-order valence-corrected chi connectivity index (χ1v) is 15.2. The molecule has 210 valence electrons. The van der Waals surface area contributed by atoms with Gasteiger partial charge in [0.25, 0.3) is 0 Å². The van der Waals surface area contributed by atoms with E-state index in [0.29, 0.717) is 0 Å². The Labute approximate surface area is 260 Å². The van der Waals surface area contributed by atoms with Crippen molar-refractivity contribution in [3.8, 4) is 39.1 Å². The fourth-order valence-corrected chi connectivity index (χ4v) is 6.51. The Bertz CT molecular complexity index is 2530. The molecule has 0 bridgehead atoms. The molecule has 9 aromatic rings. The highest BCUT2D eigenvalue weighted by Gasteiger charge is 2.17. The third-order valence-corrected chi connectivity index (χ3v) is 8.73. The van der Waals surface area contributed by atoms with Gasteiger partial charge in [-0.3, -0.25) is 4.57 Å². The van der Waals surface area contributed by atoms with E-state index in [-0.39, 0.29) is 0 Å². The van der Waals surface area contributed by atoms with Crippen LogP contribution in [-0.4, -0.2) is 14.5 Å². The van der Waals surface area contributed by atoms with Crippen LogP contribution < -0.4 is 0 Å². The molecule has 2 aromatic heterocycles. The second-order valence-electron chi connectivity index (χ2n) is 11.5. The van der Waals surface area contributed by atoms with Crippen LogP contribution in [0.1, 0.15) is 0 Å². The van der Waals surface area contributed by atoms with E-state index < -0.39 is 0 Å². The average Bonchev–Trinajstić information content (AvgIpc) is 3.43. The maximum absolute atomic E-state index is 5.16. The Hall–Kier alpha value is -6.06. The van der Waals surface area contributed by atoms with Crippen LogP contribution >= 0.6 is 0 Å². The predicted octanol–water partition coefficient (Wildman–Crippen LogP) is 10.9. The van der Waals surface area contributed by atoms with Gasteiger partial charge in [-0.2, -0.15) is 0 Å². The summed E-state index contributed by atoms with van der Waals surface area (Å²) in [6.07, 6.45) is 0. The molecule has 0 saturated heterocycles. The quantitative estimate of drug-likeness (QED) is 0.210. The summed E-state index contributed by atoms with van der Waals surface area (Å²) in [6.45, 7) is 0. The highest BCUT2D eigenvalue weighted by Crippen LogP contribution is 2.38. The Kier molecular flexibility index (Phi) is 5.82. The lowest BCUT2D eigenvalue weighted by Gasteiger charge is -2.12. The van der Waals surface area contributed by atoms with Crippen molar-refractivity contribution in [1.82, 2.24) is 14.5 Å². The molecular weight excluding hydrogens is 546 g/mol. The minimum atomic E-state index is 0.863. The van der Waals surface area contributed by atoms with Crippen LogP contribution in [0.5, 0.6) is 0 Å². The van der Waals surface area contributed by atoms with Gasteiger partial charge in [-0.1, -0.05) is 103 Å². The first-order valence-electron chi connectivity index (χ1n) is 15.2. The van der Waals surface area contributed by atoms with Gasteiger partial charge >= 0.3 is 0 Å². The highest BCUT2D eigenvalue weighted by atomic mass is 15.1. The van der Waals surface area contributed by atoms with E-state index in [4.69, 9.17) is 9.97 Å². The third-order valence-electron chi connectivity index (χ3n) is 8.73. The Morgan fingerprint density at radius 1 is 0.378 bits per heavy atom. The standard InChI is InChI=1S/C42H27N3/c1-3-11-28(12-4-1)33-24-34(31-20-19-29-13-7-8-14-30(29)23-31)26-35(25-33)32-21-22-40-37(27-32)41-42(45(40)36-15-5-2-6-16-36)44-39-18-10-9-17-38(39)43-41/h1-27H. The summed E-state index contributed by atoms with van der Waals surface area (Å²) in [5, 5.41) is 3.57. The van der Waals surface area contributed by atoms with E-state index in [0.717, 1.165) is 49.9 Å². The summed E-state index contributed by atoms with van der Waals surface area (Å²) < 4.78 is 2.23. The van der Waals surface area contributed by atoms with Crippen molar-refractivity contribution in [2.75, 3.05) is 0 Å². The van der Waals surface area contributed by atoms with Crippen molar-refractivity contribution in [3.05, 3.63) is 164 Å². The van der Waals surface area contributed by atoms with Gasteiger partial charge in [-0.05, 0) is 105 Å². The largest absolute Gasteiger partial charge is 0.293 e. The van der Waals surface area contributed by atoms with Gasteiger partial charge in [0.2, 0.25) is 0 Å². The zero-order valence-corrected chi connectivity index (χ0v) is 24.4. The van der Waals surface area contributed by atoms with Crippen LogP contribution in [0.3, 0.4) is 0 Å². The Morgan fingerprint density at radius 2 is 0.956 bits per heavy atom. The molecule has 3 nitrogen and oxygen atoms in total. The first-order chi connectivity index (χ1) is 22.3. The zero-order valence-electron chi connectivity index (χ0n) is 24.4. The number of nitrogens with zero attached hydrogens (tertiary/aromatic N) is 3. The van der Waals surface area contributed by atoms with Crippen LogP contribution in [0.25, 0.3) is 82.9 Å². The van der Waals surface area contributed by atoms with Crippen molar-refractivity contribution < 1.29 is 0 Å². The molecule has 0 saturated carbocycles. The molecule has 0 aliphatic heterocycles. The normalized spacial score (nSPS) is 11.6. The van der Waals surface area contributed by atoms with Crippen LogP contribution in [0, 0.1) is 0 Å². The number of hydrogen-bond acceptors (Lipinski definition) is 2. The first kappa shape index (κ1) is 25.4. The maximum Gasteiger partial charge on any atom is 0.165 e. The van der Waals surface area contributed by atoms with Gasteiger partial charge in [-0.15, -0.1) is 0 Å². The van der Waals surface area contributed by atoms with E-state index in [2.05, 4.69) is 138 Å². The van der Waals surface area contributed by atoms with Crippen molar-refractivity contribution >= 4 is 43.9 Å². The fourth-order valence-electron chi connectivity index (χ4n) is 6.51. The highest BCUT2D eigenvalue weighted by molar-refractivity contribution is 6.09. The molecule has 0 spiro atoms. The fraction of sp³-hybridized carbons (Fsp3) is 0. The topological polar surface area (TPSA) is 30.7 Å². The van der Waals surface area contributed by atoms with Crippen LogP contribution in [0.15, 0.2) is 164 Å². The van der Waals surface area contributed by atoms with Gasteiger partial charge in [0, 0.05) is 11.1 Å². The Balaban J connectivity index is 1.29. The summed E-state index contributed by atoms with van der Waals surface area (Å²) in [7, 11) is 0. The van der Waals surface area contributed by atoms with Crippen molar-refractivity contribution in [1.29, 1.82) is 0 Å². The number of rotatable bonds is 4. The molecule has 0 amide bonds. The predicted molar refractivity (Wildman–Crippen MR) is 188 cm³/mol. The molecule has 0 aliphatic rings.